The second-order valence-corrected chi connectivity index (χ2v) is 12.0. The van der Waals surface area contributed by atoms with Crippen LogP contribution in [0.4, 0.5) is 16.2 Å². The maximum atomic E-state index is 12.1. The topological polar surface area (TPSA) is 106 Å². The second kappa shape index (κ2) is 20.3. The van der Waals surface area contributed by atoms with Crippen molar-refractivity contribution in [3.63, 3.8) is 0 Å². The Kier molecular flexibility index (Phi) is 15.2. The second-order valence-electron chi connectivity index (χ2n) is 12.0. The number of ether oxygens (including phenoxy) is 2. The summed E-state index contributed by atoms with van der Waals surface area (Å²) >= 11 is 0. The number of rotatable bonds is 12. The third-order valence-electron chi connectivity index (χ3n) is 8.07. The number of para-hydroxylation sites is 1. The molecular formula is C41H50N4O4. The van der Waals surface area contributed by atoms with Crippen LogP contribution < -0.4 is 30.7 Å². The van der Waals surface area contributed by atoms with Gasteiger partial charge in [-0.2, -0.15) is 0 Å². The predicted octanol–water partition coefficient (Wildman–Crippen LogP) is 8.00. The van der Waals surface area contributed by atoms with Crippen molar-refractivity contribution in [3.8, 4) is 11.5 Å². The molecule has 8 nitrogen and oxygen atoms in total. The minimum Gasteiger partial charge on any atom is -0.494 e. The van der Waals surface area contributed by atoms with E-state index in [1.807, 2.05) is 67.6 Å². The zero-order valence-corrected chi connectivity index (χ0v) is 28.7. The molecule has 8 heteroatoms. The number of anilines is 2. The van der Waals surface area contributed by atoms with Gasteiger partial charge in [0.2, 0.25) is 5.91 Å². The summed E-state index contributed by atoms with van der Waals surface area (Å²) in [5.74, 6) is 1.35. The molecule has 0 unspecified atom stereocenters. The van der Waals surface area contributed by atoms with Crippen LogP contribution in [0.1, 0.15) is 61.3 Å². The summed E-state index contributed by atoms with van der Waals surface area (Å²) in [5.41, 5.74) is 12.6. The van der Waals surface area contributed by atoms with Gasteiger partial charge in [-0.3, -0.25) is 15.0 Å². The molecule has 4 aromatic carbocycles. The number of nitrogens with two attached hydrogens (primary N) is 1. The van der Waals surface area contributed by atoms with Crippen LogP contribution in [-0.2, 0) is 30.8 Å². The maximum Gasteiger partial charge on any atom is 0.328 e. The first-order valence-corrected chi connectivity index (χ1v) is 17.2. The van der Waals surface area contributed by atoms with Crippen LogP contribution in [0.3, 0.4) is 0 Å². The van der Waals surface area contributed by atoms with Crippen molar-refractivity contribution in [1.82, 2.24) is 10.6 Å². The fourth-order valence-corrected chi connectivity index (χ4v) is 5.52. The summed E-state index contributed by atoms with van der Waals surface area (Å²) in [5, 5.41) is 5.82. The highest BCUT2D eigenvalue weighted by Crippen LogP contribution is 2.24. The number of allylic oxidation sites excluding steroid dienone is 1. The van der Waals surface area contributed by atoms with Gasteiger partial charge in [0.05, 0.1) is 6.61 Å². The Morgan fingerprint density at radius 2 is 1.53 bits per heavy atom. The monoisotopic (exact) mass is 662 g/mol. The van der Waals surface area contributed by atoms with Crippen LogP contribution >= 0.6 is 0 Å². The Bertz CT molecular complexity index is 1610. The van der Waals surface area contributed by atoms with Gasteiger partial charge in [0, 0.05) is 37.0 Å². The van der Waals surface area contributed by atoms with Crippen molar-refractivity contribution < 1.29 is 19.1 Å². The molecule has 0 aromatic heterocycles. The molecule has 0 saturated carbocycles. The summed E-state index contributed by atoms with van der Waals surface area (Å²) in [7, 11) is 0. The summed E-state index contributed by atoms with van der Waals surface area (Å²) in [6, 6.07) is 31.5. The third-order valence-corrected chi connectivity index (χ3v) is 8.07. The molecule has 3 amide bonds. The molecule has 0 atom stereocenters. The van der Waals surface area contributed by atoms with Crippen molar-refractivity contribution >= 4 is 23.3 Å². The highest BCUT2D eigenvalue weighted by Gasteiger charge is 2.24. The van der Waals surface area contributed by atoms with Gasteiger partial charge in [-0.05, 0) is 111 Å². The van der Waals surface area contributed by atoms with Gasteiger partial charge in [-0.25, -0.2) is 4.79 Å². The highest BCUT2D eigenvalue weighted by atomic mass is 16.5. The Morgan fingerprint density at radius 1 is 0.816 bits per heavy atom. The SMILES string of the molecule is C=CC.Nc1ccc2c(c1)CCCC2.O=C1CCN(c2cccc(OCc3ccc(CNCCCCOc4ccccc4)cc3)c2)C(=O)N1. The van der Waals surface area contributed by atoms with E-state index in [0.717, 1.165) is 49.5 Å². The molecule has 49 heavy (non-hydrogen) atoms. The lowest BCUT2D eigenvalue weighted by Gasteiger charge is -2.26. The average Bonchev–Trinajstić information content (AvgIpc) is 3.12. The lowest BCUT2D eigenvalue weighted by molar-refractivity contribution is -0.120. The van der Waals surface area contributed by atoms with Crippen LogP contribution in [0.15, 0.2) is 110 Å². The number of unbranched alkanes of at least 4 members (excludes halogenated alkanes) is 1. The molecular weight excluding hydrogens is 612 g/mol. The van der Waals surface area contributed by atoms with E-state index in [4.69, 9.17) is 15.2 Å². The predicted molar refractivity (Wildman–Crippen MR) is 199 cm³/mol. The first kappa shape index (κ1) is 36.8. The Morgan fingerprint density at radius 3 is 2.29 bits per heavy atom. The van der Waals surface area contributed by atoms with Gasteiger partial charge < -0.3 is 20.5 Å². The fraction of sp³-hybridized carbons (Fsp3) is 0.317. The zero-order valence-electron chi connectivity index (χ0n) is 28.7. The Balaban J connectivity index is 0.000000320. The lowest BCUT2D eigenvalue weighted by atomic mass is 9.91. The number of amides is 3. The number of nitrogen functional groups attached to an aromatic ring is 1. The molecule has 0 spiro atoms. The number of nitrogens with one attached hydrogen (secondary N) is 2. The smallest absolute Gasteiger partial charge is 0.328 e. The van der Waals surface area contributed by atoms with E-state index in [-0.39, 0.29) is 5.91 Å². The van der Waals surface area contributed by atoms with Crippen LogP contribution in [-0.4, -0.2) is 31.6 Å². The number of carbonyl (C=O) groups excluding carboxylic acids is 2. The molecule has 258 valence electrons. The van der Waals surface area contributed by atoms with E-state index in [0.29, 0.717) is 31.0 Å². The number of fused-ring (bicyclic) bond motifs is 1. The van der Waals surface area contributed by atoms with E-state index in [9.17, 15) is 9.59 Å². The summed E-state index contributed by atoms with van der Waals surface area (Å²) < 4.78 is 11.6. The Hall–Kier alpha value is -5.08. The fourth-order valence-electron chi connectivity index (χ4n) is 5.52. The molecule has 1 fully saturated rings. The van der Waals surface area contributed by atoms with E-state index in [2.05, 4.69) is 53.6 Å². The molecule has 1 heterocycles. The Labute approximate surface area is 291 Å². The van der Waals surface area contributed by atoms with Crippen LogP contribution in [0.25, 0.3) is 0 Å². The van der Waals surface area contributed by atoms with E-state index in [1.165, 1.54) is 42.4 Å². The van der Waals surface area contributed by atoms with Gasteiger partial charge in [-0.1, -0.05) is 60.7 Å². The number of hydrogen-bond donors (Lipinski definition) is 3. The minimum atomic E-state index is -0.400. The lowest BCUT2D eigenvalue weighted by Crippen LogP contribution is -2.49. The molecule has 4 aromatic rings. The maximum absolute atomic E-state index is 12.1. The molecule has 1 aliphatic heterocycles. The van der Waals surface area contributed by atoms with Crippen molar-refractivity contribution in [2.24, 2.45) is 0 Å². The number of hydrogen-bond acceptors (Lipinski definition) is 6. The van der Waals surface area contributed by atoms with E-state index >= 15 is 0 Å². The molecule has 4 N–H and O–H groups in total. The van der Waals surface area contributed by atoms with Crippen molar-refractivity contribution in [3.05, 3.63) is 132 Å². The molecule has 2 aliphatic rings. The number of aryl methyl sites for hydroxylation is 2. The average molecular weight is 663 g/mol. The van der Waals surface area contributed by atoms with Crippen LogP contribution in [0.5, 0.6) is 11.5 Å². The largest absolute Gasteiger partial charge is 0.494 e. The number of urea groups is 1. The molecule has 1 aliphatic carbocycles. The number of nitrogens with zero attached hydrogens (tertiary/aromatic N) is 1. The van der Waals surface area contributed by atoms with Crippen LogP contribution in [0, 0.1) is 0 Å². The van der Waals surface area contributed by atoms with Crippen molar-refractivity contribution in [2.75, 3.05) is 30.3 Å². The molecule has 1 saturated heterocycles. The minimum absolute atomic E-state index is 0.245. The van der Waals surface area contributed by atoms with Gasteiger partial charge in [0.25, 0.3) is 0 Å². The first-order chi connectivity index (χ1) is 23.9. The molecule has 0 radical (unpaired) electrons. The number of imide groups is 1. The van der Waals surface area contributed by atoms with Gasteiger partial charge in [0.15, 0.2) is 0 Å². The molecule has 0 bridgehead atoms. The quantitative estimate of drug-likeness (QED) is 0.0807. The summed E-state index contributed by atoms with van der Waals surface area (Å²) in [4.78, 5) is 25.0. The number of benzene rings is 4. The summed E-state index contributed by atoms with van der Waals surface area (Å²) in [6.07, 6.45) is 9.26. The zero-order chi connectivity index (χ0) is 34.7. The third kappa shape index (κ3) is 12.8. The highest BCUT2D eigenvalue weighted by molar-refractivity contribution is 6.05. The van der Waals surface area contributed by atoms with Gasteiger partial charge in [-0.15, -0.1) is 6.58 Å². The van der Waals surface area contributed by atoms with E-state index < -0.39 is 6.03 Å². The van der Waals surface area contributed by atoms with Gasteiger partial charge in [0.1, 0.15) is 18.1 Å². The standard InChI is InChI=1S/C28H31N3O4.C10H13N.C3H6/c32-27-15-17-31(28(33)30-27)24-7-6-10-26(19-24)35-21-23-13-11-22(12-14-23)20-29-16-4-5-18-34-25-8-2-1-3-9-25;11-10-6-5-8-3-1-2-4-9(8)7-10;1-3-2/h1-3,6-14,19,29H,4-5,15-18,20-21H2,(H,30,32,33);5-7H,1-4,11H2;3H,1H2,2H3. The van der Waals surface area contributed by atoms with Crippen LogP contribution in [0.2, 0.25) is 0 Å². The molecule has 6 rings (SSSR count). The van der Waals surface area contributed by atoms with Crippen molar-refractivity contribution in [2.45, 2.75) is 65.0 Å². The van der Waals surface area contributed by atoms with E-state index in [1.54, 1.807) is 11.0 Å². The van der Waals surface area contributed by atoms with Crippen molar-refractivity contribution in [1.29, 1.82) is 0 Å². The van der Waals surface area contributed by atoms with Gasteiger partial charge >= 0.3 is 6.03 Å². The summed E-state index contributed by atoms with van der Waals surface area (Å²) in [6.45, 7) is 8.55. The first-order valence-electron chi connectivity index (χ1n) is 17.2. The normalized spacial score (nSPS) is 13.4. The number of carbonyl (C=O) groups is 2.